The number of hydrogen-bond acceptors (Lipinski definition) is 5. The van der Waals surface area contributed by atoms with E-state index in [9.17, 15) is 9.59 Å². The summed E-state index contributed by atoms with van der Waals surface area (Å²) in [6.45, 7) is 4.03. The van der Waals surface area contributed by atoms with Crippen LogP contribution in [-0.4, -0.2) is 33.8 Å². The van der Waals surface area contributed by atoms with Crippen molar-refractivity contribution in [2.75, 3.05) is 5.32 Å². The average molecular weight is 307 g/mol. The van der Waals surface area contributed by atoms with Crippen molar-refractivity contribution in [3.63, 3.8) is 0 Å². The molecular formula is C15H21N3O2S. The molecule has 1 aliphatic heterocycles. The smallest absolute Gasteiger partial charge is 0.252 e. The number of imide groups is 1. The molecule has 1 fully saturated rings. The first-order valence-corrected chi connectivity index (χ1v) is 8.56. The molecule has 114 valence electrons. The van der Waals surface area contributed by atoms with Gasteiger partial charge in [0, 0.05) is 10.9 Å². The zero-order chi connectivity index (χ0) is 15.0. The van der Waals surface area contributed by atoms with Gasteiger partial charge in [0.1, 0.15) is 6.04 Å². The monoisotopic (exact) mass is 307 g/mol. The number of aryl methyl sites for hydroxylation is 2. The largest absolute Gasteiger partial charge is 0.349 e. The van der Waals surface area contributed by atoms with Crippen LogP contribution in [0.2, 0.25) is 0 Å². The number of carbonyl (C=O) groups is 2. The number of nitrogens with zero attached hydrogens (tertiary/aromatic N) is 2. The van der Waals surface area contributed by atoms with Crippen LogP contribution in [0.25, 0.3) is 0 Å². The van der Waals surface area contributed by atoms with Gasteiger partial charge in [-0.3, -0.25) is 14.5 Å². The quantitative estimate of drug-likeness (QED) is 0.848. The number of fused-ring (bicyclic) bond motifs is 1. The van der Waals surface area contributed by atoms with Crippen molar-refractivity contribution in [3.8, 4) is 0 Å². The molecule has 3 rings (SSSR count). The number of nitrogens with one attached hydrogen (secondary N) is 1. The molecule has 0 spiro atoms. The first-order chi connectivity index (χ1) is 10.1. The van der Waals surface area contributed by atoms with Crippen LogP contribution in [0.1, 0.15) is 50.1 Å². The Labute approximate surface area is 128 Å². The Kier molecular flexibility index (Phi) is 3.97. The van der Waals surface area contributed by atoms with Crippen LogP contribution in [0, 0.1) is 0 Å². The van der Waals surface area contributed by atoms with Crippen molar-refractivity contribution in [1.29, 1.82) is 0 Å². The van der Waals surface area contributed by atoms with Gasteiger partial charge in [-0.05, 0) is 32.1 Å². The molecule has 0 aromatic carbocycles. The highest BCUT2D eigenvalue weighted by atomic mass is 32.1. The summed E-state index contributed by atoms with van der Waals surface area (Å²) in [7, 11) is 0. The van der Waals surface area contributed by atoms with Gasteiger partial charge in [0.25, 0.3) is 5.91 Å². The molecule has 6 heteroatoms. The zero-order valence-electron chi connectivity index (χ0n) is 12.5. The standard InChI is InChI=1S/C15H21N3O2S/c1-3-9(4-2)18-13(19)8-11(14(18)20)17-15-16-10-6-5-7-12(10)21-15/h9,11H,3-8H2,1-2H3,(H,16,17). The van der Waals surface area contributed by atoms with Gasteiger partial charge in [-0.15, -0.1) is 11.3 Å². The lowest BCUT2D eigenvalue weighted by molar-refractivity contribution is -0.141. The Bertz CT molecular complexity index is 544. The molecular weight excluding hydrogens is 286 g/mol. The maximum atomic E-state index is 12.5. The third-order valence-corrected chi connectivity index (χ3v) is 5.47. The van der Waals surface area contributed by atoms with Gasteiger partial charge in [0.15, 0.2) is 5.13 Å². The fraction of sp³-hybridized carbons (Fsp3) is 0.667. The summed E-state index contributed by atoms with van der Waals surface area (Å²) in [5.74, 6) is -0.153. The zero-order valence-corrected chi connectivity index (χ0v) is 13.3. The Balaban J connectivity index is 1.71. The minimum atomic E-state index is -0.440. The van der Waals surface area contributed by atoms with Crippen LogP contribution in [0.4, 0.5) is 5.13 Å². The highest BCUT2D eigenvalue weighted by Crippen LogP contribution is 2.32. The fourth-order valence-corrected chi connectivity index (χ4v) is 4.30. The van der Waals surface area contributed by atoms with Gasteiger partial charge in [0.2, 0.25) is 5.91 Å². The van der Waals surface area contributed by atoms with Gasteiger partial charge >= 0.3 is 0 Å². The van der Waals surface area contributed by atoms with E-state index >= 15 is 0 Å². The minimum Gasteiger partial charge on any atom is -0.349 e. The molecule has 1 unspecified atom stereocenters. The number of likely N-dealkylation sites (tertiary alicyclic amines) is 1. The lowest BCUT2D eigenvalue weighted by atomic mass is 10.1. The molecule has 1 atom stereocenters. The lowest BCUT2D eigenvalue weighted by Gasteiger charge is -2.24. The molecule has 2 amide bonds. The predicted octanol–water partition coefficient (Wildman–Crippen LogP) is 2.36. The van der Waals surface area contributed by atoms with E-state index in [0.717, 1.165) is 36.5 Å². The maximum Gasteiger partial charge on any atom is 0.252 e. The molecule has 1 N–H and O–H groups in total. The topological polar surface area (TPSA) is 62.3 Å². The Morgan fingerprint density at radius 2 is 2.10 bits per heavy atom. The molecule has 0 saturated carbocycles. The normalized spacial score (nSPS) is 21.5. The molecule has 1 aromatic heterocycles. The summed E-state index contributed by atoms with van der Waals surface area (Å²) in [5.41, 5.74) is 1.16. The number of aromatic nitrogens is 1. The third-order valence-electron chi connectivity index (χ3n) is 4.38. The van der Waals surface area contributed by atoms with Crippen molar-refractivity contribution in [3.05, 3.63) is 10.6 Å². The number of amides is 2. The summed E-state index contributed by atoms with van der Waals surface area (Å²) >= 11 is 1.63. The number of anilines is 1. The molecule has 2 aliphatic rings. The van der Waals surface area contributed by atoms with Gasteiger partial charge in [-0.2, -0.15) is 0 Å². The van der Waals surface area contributed by atoms with E-state index in [4.69, 9.17) is 0 Å². The molecule has 0 bridgehead atoms. The van der Waals surface area contributed by atoms with Crippen molar-refractivity contribution in [2.45, 2.75) is 64.5 Å². The Morgan fingerprint density at radius 1 is 1.33 bits per heavy atom. The van der Waals surface area contributed by atoms with E-state index in [2.05, 4.69) is 10.3 Å². The highest BCUT2D eigenvalue weighted by molar-refractivity contribution is 7.15. The van der Waals surface area contributed by atoms with E-state index in [1.807, 2.05) is 13.8 Å². The highest BCUT2D eigenvalue weighted by Gasteiger charge is 2.41. The Morgan fingerprint density at radius 3 is 2.76 bits per heavy atom. The van der Waals surface area contributed by atoms with Crippen LogP contribution in [0.5, 0.6) is 0 Å². The molecule has 1 aliphatic carbocycles. The van der Waals surface area contributed by atoms with Gasteiger partial charge in [0.05, 0.1) is 12.1 Å². The summed E-state index contributed by atoms with van der Waals surface area (Å²) < 4.78 is 0. The van der Waals surface area contributed by atoms with Gasteiger partial charge in [-0.1, -0.05) is 13.8 Å². The van der Waals surface area contributed by atoms with Crippen molar-refractivity contribution in [1.82, 2.24) is 9.88 Å². The predicted molar refractivity (Wildman–Crippen MR) is 82.4 cm³/mol. The van der Waals surface area contributed by atoms with Gasteiger partial charge in [-0.25, -0.2) is 4.98 Å². The van der Waals surface area contributed by atoms with Crippen molar-refractivity contribution in [2.24, 2.45) is 0 Å². The van der Waals surface area contributed by atoms with E-state index < -0.39 is 6.04 Å². The number of carbonyl (C=O) groups excluding carboxylic acids is 2. The number of thiazole rings is 1. The summed E-state index contributed by atoms with van der Waals surface area (Å²) in [6, 6.07) is -0.414. The number of rotatable bonds is 5. The van der Waals surface area contributed by atoms with Crippen LogP contribution in [0.3, 0.4) is 0 Å². The Hall–Kier alpha value is -1.43. The van der Waals surface area contributed by atoms with Crippen molar-refractivity contribution >= 4 is 28.3 Å². The van der Waals surface area contributed by atoms with E-state index in [1.54, 1.807) is 11.3 Å². The first-order valence-electron chi connectivity index (χ1n) is 7.75. The maximum absolute atomic E-state index is 12.5. The van der Waals surface area contributed by atoms with Crippen LogP contribution in [0.15, 0.2) is 0 Å². The van der Waals surface area contributed by atoms with E-state index in [1.165, 1.54) is 16.2 Å². The molecule has 1 saturated heterocycles. The molecule has 1 aromatic rings. The van der Waals surface area contributed by atoms with E-state index in [-0.39, 0.29) is 24.3 Å². The SMILES string of the molecule is CCC(CC)N1C(=O)CC(Nc2nc3c(s2)CCC3)C1=O. The third kappa shape index (κ3) is 2.57. The van der Waals surface area contributed by atoms with Crippen molar-refractivity contribution < 1.29 is 9.59 Å². The summed E-state index contributed by atoms with van der Waals surface area (Å²) in [4.78, 5) is 31.9. The molecule has 5 nitrogen and oxygen atoms in total. The second-order valence-electron chi connectivity index (χ2n) is 5.72. The van der Waals surface area contributed by atoms with E-state index in [0.29, 0.717) is 0 Å². The molecule has 2 heterocycles. The molecule has 0 radical (unpaired) electrons. The minimum absolute atomic E-state index is 0.0260. The van der Waals surface area contributed by atoms with Crippen LogP contribution in [-0.2, 0) is 22.4 Å². The summed E-state index contributed by atoms with van der Waals surface area (Å²) in [6.07, 6.45) is 5.17. The number of hydrogen-bond donors (Lipinski definition) is 1. The fourth-order valence-electron chi connectivity index (χ4n) is 3.20. The molecule has 21 heavy (non-hydrogen) atoms. The second-order valence-corrected chi connectivity index (χ2v) is 6.80. The average Bonchev–Trinajstić information content (AvgIpc) is 3.10. The first kappa shape index (κ1) is 14.5. The van der Waals surface area contributed by atoms with Crippen LogP contribution >= 0.6 is 11.3 Å². The van der Waals surface area contributed by atoms with Gasteiger partial charge < -0.3 is 5.32 Å². The van der Waals surface area contributed by atoms with Crippen LogP contribution < -0.4 is 5.32 Å². The summed E-state index contributed by atoms with van der Waals surface area (Å²) in [5, 5.41) is 3.97. The second kappa shape index (κ2) is 5.75. The lowest BCUT2D eigenvalue weighted by Crippen LogP contribution is -2.41.